The Balaban J connectivity index is 2.87. The smallest absolute Gasteiger partial charge is 0.0540 e. The van der Waals surface area contributed by atoms with E-state index in [1.54, 1.807) is 0 Å². The van der Waals surface area contributed by atoms with Crippen LogP contribution in [0.3, 0.4) is 0 Å². The molecule has 0 saturated carbocycles. The van der Waals surface area contributed by atoms with Crippen molar-refractivity contribution in [1.29, 1.82) is 0 Å². The minimum absolute atomic E-state index is 0.290. The maximum Gasteiger partial charge on any atom is 0.0540 e. The second-order valence-electron chi connectivity index (χ2n) is 4.04. The number of aryl methyl sites for hydroxylation is 1. The molecule has 0 bridgehead atoms. The molecular weight excluding hydrogens is 188 g/mol. The lowest BCUT2D eigenvalue weighted by Crippen LogP contribution is -2.31. The molecule has 0 fully saturated rings. The molecule has 0 amide bonds. The van der Waals surface area contributed by atoms with Gasteiger partial charge in [-0.15, -0.1) is 0 Å². The third kappa shape index (κ3) is 2.58. The highest BCUT2D eigenvalue weighted by atomic mass is 15.3. The van der Waals surface area contributed by atoms with Crippen LogP contribution >= 0.6 is 0 Å². The van der Waals surface area contributed by atoms with E-state index in [0.717, 1.165) is 13.0 Å². The van der Waals surface area contributed by atoms with Gasteiger partial charge in [-0.3, -0.25) is 9.58 Å². The van der Waals surface area contributed by atoms with Crippen molar-refractivity contribution in [2.45, 2.75) is 26.3 Å². The Morgan fingerprint density at radius 3 is 2.67 bits per heavy atom. The largest absolute Gasteiger partial charge is 0.329 e. The summed E-state index contributed by atoms with van der Waals surface area (Å²) in [4.78, 5) is 2.30. The Labute approximate surface area is 92.1 Å². The van der Waals surface area contributed by atoms with Gasteiger partial charge >= 0.3 is 0 Å². The van der Waals surface area contributed by atoms with Crippen molar-refractivity contribution in [2.24, 2.45) is 12.8 Å². The van der Waals surface area contributed by atoms with Gasteiger partial charge in [-0.25, -0.2) is 0 Å². The van der Waals surface area contributed by atoms with E-state index in [9.17, 15) is 0 Å². The molecular formula is C11H22N4. The van der Waals surface area contributed by atoms with Crippen LogP contribution in [0.4, 0.5) is 0 Å². The van der Waals surface area contributed by atoms with Crippen LogP contribution in [0.25, 0.3) is 0 Å². The fourth-order valence-corrected chi connectivity index (χ4v) is 1.90. The molecule has 1 atom stereocenters. The van der Waals surface area contributed by atoms with E-state index in [0.29, 0.717) is 12.6 Å². The molecule has 0 aromatic carbocycles. The van der Waals surface area contributed by atoms with Gasteiger partial charge in [-0.1, -0.05) is 6.92 Å². The molecule has 4 nitrogen and oxygen atoms in total. The number of aromatic nitrogens is 2. The highest BCUT2D eigenvalue weighted by Gasteiger charge is 2.18. The predicted octanol–water partition coefficient (Wildman–Crippen LogP) is 1.07. The molecule has 0 aliphatic rings. The van der Waals surface area contributed by atoms with Crippen LogP contribution in [0, 0.1) is 6.92 Å². The molecule has 15 heavy (non-hydrogen) atoms. The lowest BCUT2D eigenvalue weighted by molar-refractivity contribution is 0.250. The molecule has 0 saturated heterocycles. The minimum atomic E-state index is 0.290. The van der Waals surface area contributed by atoms with E-state index in [-0.39, 0.29) is 0 Å². The first kappa shape index (κ1) is 12.2. The molecule has 1 aromatic rings. The quantitative estimate of drug-likeness (QED) is 0.791. The molecule has 1 aromatic heterocycles. The molecule has 0 aliphatic carbocycles. The summed E-state index contributed by atoms with van der Waals surface area (Å²) in [6.07, 6.45) is 3.07. The molecule has 1 rings (SSSR count). The molecule has 1 unspecified atom stereocenters. The van der Waals surface area contributed by atoms with Crippen LogP contribution in [-0.4, -0.2) is 34.8 Å². The summed E-state index contributed by atoms with van der Waals surface area (Å²) < 4.78 is 1.90. The summed E-state index contributed by atoms with van der Waals surface area (Å²) in [7, 11) is 4.08. The number of nitrogens with zero attached hydrogens (tertiary/aromatic N) is 3. The van der Waals surface area contributed by atoms with Crippen LogP contribution in [0.2, 0.25) is 0 Å². The zero-order valence-corrected chi connectivity index (χ0v) is 10.2. The first-order chi connectivity index (χ1) is 7.11. The zero-order valence-electron chi connectivity index (χ0n) is 10.2. The fraction of sp³-hybridized carbons (Fsp3) is 0.727. The Bertz CT molecular complexity index is 306. The van der Waals surface area contributed by atoms with Gasteiger partial charge in [0.2, 0.25) is 0 Å². The number of likely N-dealkylation sites (N-methyl/N-ethyl adjacent to an activating group) is 1. The average molecular weight is 210 g/mol. The molecule has 0 radical (unpaired) electrons. The highest BCUT2D eigenvalue weighted by molar-refractivity contribution is 5.20. The molecule has 0 aliphatic heterocycles. The maximum atomic E-state index is 5.84. The Morgan fingerprint density at radius 1 is 1.60 bits per heavy atom. The van der Waals surface area contributed by atoms with E-state index >= 15 is 0 Å². The summed E-state index contributed by atoms with van der Waals surface area (Å²) in [6, 6.07) is 0.290. The van der Waals surface area contributed by atoms with Crippen LogP contribution in [0.5, 0.6) is 0 Å². The average Bonchev–Trinajstić information content (AvgIpc) is 2.51. The van der Waals surface area contributed by atoms with Gasteiger partial charge in [-0.05, 0) is 26.9 Å². The van der Waals surface area contributed by atoms with Gasteiger partial charge in [0.05, 0.1) is 12.2 Å². The third-order valence-electron chi connectivity index (χ3n) is 2.96. The fourth-order valence-electron chi connectivity index (χ4n) is 1.90. The van der Waals surface area contributed by atoms with Crippen LogP contribution < -0.4 is 5.73 Å². The van der Waals surface area contributed by atoms with Crippen LogP contribution in [0.15, 0.2) is 6.20 Å². The molecule has 1 heterocycles. The van der Waals surface area contributed by atoms with E-state index in [1.807, 2.05) is 17.9 Å². The van der Waals surface area contributed by atoms with E-state index < -0.39 is 0 Å². The standard InChI is InChI=1S/C11H22N4/c1-5-6-14(3)11(7-12)10-8-13-15(4)9(10)2/h8,11H,5-7,12H2,1-4H3. The van der Waals surface area contributed by atoms with Crippen LogP contribution in [0.1, 0.15) is 30.6 Å². The second kappa shape index (κ2) is 5.28. The van der Waals surface area contributed by atoms with Crippen molar-refractivity contribution in [2.75, 3.05) is 20.1 Å². The van der Waals surface area contributed by atoms with Crippen molar-refractivity contribution in [3.8, 4) is 0 Å². The summed E-state index contributed by atoms with van der Waals surface area (Å²) in [5.41, 5.74) is 8.28. The predicted molar refractivity (Wildman–Crippen MR) is 62.7 cm³/mol. The first-order valence-electron chi connectivity index (χ1n) is 5.50. The molecule has 4 heteroatoms. The second-order valence-corrected chi connectivity index (χ2v) is 4.04. The van der Waals surface area contributed by atoms with Gasteiger partial charge in [0, 0.05) is 24.8 Å². The number of nitrogens with two attached hydrogens (primary N) is 1. The SMILES string of the molecule is CCCN(C)C(CN)c1cnn(C)c1C. The first-order valence-corrected chi connectivity index (χ1v) is 5.50. The molecule has 2 N–H and O–H groups in total. The van der Waals surface area contributed by atoms with Gasteiger partial charge in [-0.2, -0.15) is 5.10 Å². The normalized spacial score (nSPS) is 13.5. The number of rotatable bonds is 5. The van der Waals surface area contributed by atoms with Crippen molar-refractivity contribution >= 4 is 0 Å². The van der Waals surface area contributed by atoms with E-state index in [1.165, 1.54) is 11.3 Å². The van der Waals surface area contributed by atoms with Crippen molar-refractivity contribution in [3.05, 3.63) is 17.5 Å². The van der Waals surface area contributed by atoms with Crippen molar-refractivity contribution < 1.29 is 0 Å². The van der Waals surface area contributed by atoms with Gasteiger partial charge in [0.25, 0.3) is 0 Å². The summed E-state index contributed by atoms with van der Waals surface area (Å²) in [5.74, 6) is 0. The summed E-state index contributed by atoms with van der Waals surface area (Å²) in [5, 5.41) is 4.26. The third-order valence-corrected chi connectivity index (χ3v) is 2.96. The monoisotopic (exact) mass is 210 g/mol. The van der Waals surface area contributed by atoms with E-state index in [2.05, 4.69) is 30.9 Å². The molecule has 0 spiro atoms. The lowest BCUT2D eigenvalue weighted by Gasteiger charge is -2.26. The van der Waals surface area contributed by atoms with Gasteiger partial charge in [0.1, 0.15) is 0 Å². The topological polar surface area (TPSA) is 47.1 Å². The van der Waals surface area contributed by atoms with Crippen LogP contribution in [-0.2, 0) is 7.05 Å². The van der Waals surface area contributed by atoms with Crippen molar-refractivity contribution in [1.82, 2.24) is 14.7 Å². The Hall–Kier alpha value is -0.870. The van der Waals surface area contributed by atoms with Gasteiger partial charge in [0.15, 0.2) is 0 Å². The minimum Gasteiger partial charge on any atom is -0.329 e. The summed E-state index contributed by atoms with van der Waals surface area (Å²) >= 11 is 0. The maximum absolute atomic E-state index is 5.84. The highest BCUT2D eigenvalue weighted by Crippen LogP contribution is 2.21. The zero-order chi connectivity index (χ0) is 11.4. The Morgan fingerprint density at radius 2 is 2.27 bits per heavy atom. The Kier molecular flexibility index (Phi) is 4.29. The number of hydrogen-bond donors (Lipinski definition) is 1. The van der Waals surface area contributed by atoms with Crippen molar-refractivity contribution in [3.63, 3.8) is 0 Å². The van der Waals surface area contributed by atoms with Gasteiger partial charge < -0.3 is 5.73 Å². The molecule has 86 valence electrons. The number of hydrogen-bond acceptors (Lipinski definition) is 3. The summed E-state index contributed by atoms with van der Waals surface area (Å²) in [6.45, 7) is 5.98. The lowest BCUT2D eigenvalue weighted by atomic mass is 10.1. The van der Waals surface area contributed by atoms with E-state index in [4.69, 9.17) is 5.73 Å².